The molecule has 0 aromatic carbocycles. The Balaban J connectivity index is 2.30. The fourth-order valence-corrected chi connectivity index (χ4v) is 1.35. The lowest BCUT2D eigenvalue weighted by atomic mass is 10.2. The summed E-state index contributed by atoms with van der Waals surface area (Å²) in [4.78, 5) is 4.20. The molecule has 5 nitrogen and oxygen atoms in total. The summed E-state index contributed by atoms with van der Waals surface area (Å²) in [5.74, 6) is 0.988. The number of nitrogens with one attached hydrogen (secondary N) is 1. The zero-order valence-corrected chi connectivity index (χ0v) is 9.73. The molecule has 0 saturated carbocycles. The van der Waals surface area contributed by atoms with Crippen molar-refractivity contribution >= 4 is 0 Å². The van der Waals surface area contributed by atoms with Gasteiger partial charge in [0, 0.05) is 26.3 Å². The summed E-state index contributed by atoms with van der Waals surface area (Å²) >= 11 is 0. The van der Waals surface area contributed by atoms with Gasteiger partial charge in [0.2, 0.25) is 0 Å². The lowest BCUT2D eigenvalue weighted by Gasteiger charge is -2.12. The van der Waals surface area contributed by atoms with Crippen molar-refractivity contribution in [3.05, 3.63) is 12.2 Å². The molecular weight excluding hydrogens is 192 g/mol. The highest BCUT2D eigenvalue weighted by Gasteiger charge is 2.05. The van der Waals surface area contributed by atoms with Gasteiger partial charge in [0.05, 0.1) is 6.54 Å². The molecule has 0 aliphatic carbocycles. The molecule has 1 aromatic heterocycles. The van der Waals surface area contributed by atoms with E-state index in [4.69, 9.17) is 4.74 Å². The van der Waals surface area contributed by atoms with Gasteiger partial charge < -0.3 is 10.1 Å². The maximum absolute atomic E-state index is 5.02. The van der Waals surface area contributed by atoms with Gasteiger partial charge in [0.25, 0.3) is 0 Å². The van der Waals surface area contributed by atoms with Crippen LogP contribution in [0.3, 0.4) is 0 Å². The van der Waals surface area contributed by atoms with E-state index in [1.165, 1.54) is 0 Å². The number of hydrogen-bond acceptors (Lipinski definition) is 4. The number of methoxy groups -OCH3 is 1. The van der Waals surface area contributed by atoms with Crippen molar-refractivity contribution in [3.63, 3.8) is 0 Å². The standard InChI is InChI=1S/C10H20N4O/c1-4-14-10(12-8-13-14)7-11-9(2)5-6-15-3/h8-9,11H,4-7H2,1-3H3. The minimum atomic E-state index is 0.437. The van der Waals surface area contributed by atoms with Crippen LogP contribution in [-0.2, 0) is 17.8 Å². The first-order valence-corrected chi connectivity index (χ1v) is 5.37. The molecule has 0 spiro atoms. The largest absolute Gasteiger partial charge is 0.385 e. The van der Waals surface area contributed by atoms with Crippen molar-refractivity contribution in [1.82, 2.24) is 20.1 Å². The molecule has 0 amide bonds. The van der Waals surface area contributed by atoms with Gasteiger partial charge in [0.1, 0.15) is 12.2 Å². The molecule has 1 atom stereocenters. The zero-order valence-electron chi connectivity index (χ0n) is 9.73. The van der Waals surface area contributed by atoms with Crippen molar-refractivity contribution in [2.75, 3.05) is 13.7 Å². The molecule has 5 heteroatoms. The van der Waals surface area contributed by atoms with Gasteiger partial charge in [-0.25, -0.2) is 9.67 Å². The number of ether oxygens (including phenoxy) is 1. The smallest absolute Gasteiger partial charge is 0.140 e. The van der Waals surface area contributed by atoms with Crippen molar-refractivity contribution < 1.29 is 4.74 Å². The molecule has 1 N–H and O–H groups in total. The second-order valence-electron chi connectivity index (χ2n) is 3.56. The third kappa shape index (κ3) is 3.97. The van der Waals surface area contributed by atoms with Crippen LogP contribution in [0.5, 0.6) is 0 Å². The minimum absolute atomic E-state index is 0.437. The zero-order chi connectivity index (χ0) is 11.1. The predicted molar refractivity (Wildman–Crippen MR) is 58.5 cm³/mol. The molecule has 0 bridgehead atoms. The summed E-state index contributed by atoms with van der Waals surface area (Å²) in [6.45, 7) is 6.62. The van der Waals surface area contributed by atoms with Crippen LogP contribution in [0.1, 0.15) is 26.1 Å². The van der Waals surface area contributed by atoms with Crippen LogP contribution in [0, 0.1) is 0 Å². The Morgan fingerprint density at radius 3 is 3.07 bits per heavy atom. The van der Waals surface area contributed by atoms with Crippen LogP contribution in [0.4, 0.5) is 0 Å². The Hall–Kier alpha value is -0.940. The van der Waals surface area contributed by atoms with E-state index in [0.717, 1.165) is 31.9 Å². The first kappa shape index (κ1) is 12.1. The molecule has 0 radical (unpaired) electrons. The average Bonchev–Trinajstić information content (AvgIpc) is 2.70. The fourth-order valence-electron chi connectivity index (χ4n) is 1.35. The van der Waals surface area contributed by atoms with Gasteiger partial charge in [-0.05, 0) is 20.3 Å². The van der Waals surface area contributed by atoms with E-state index in [2.05, 4.69) is 29.2 Å². The second-order valence-corrected chi connectivity index (χ2v) is 3.56. The highest BCUT2D eigenvalue weighted by Crippen LogP contribution is 1.96. The van der Waals surface area contributed by atoms with Gasteiger partial charge in [-0.3, -0.25) is 0 Å². The molecular formula is C10H20N4O. The Labute approximate surface area is 90.8 Å². The molecule has 1 rings (SSSR count). The molecule has 0 fully saturated rings. The number of aromatic nitrogens is 3. The highest BCUT2D eigenvalue weighted by atomic mass is 16.5. The van der Waals surface area contributed by atoms with E-state index < -0.39 is 0 Å². The molecule has 0 aliphatic heterocycles. The second kappa shape index (κ2) is 6.53. The number of nitrogens with zero attached hydrogens (tertiary/aromatic N) is 3. The van der Waals surface area contributed by atoms with E-state index >= 15 is 0 Å². The Morgan fingerprint density at radius 1 is 1.60 bits per heavy atom. The average molecular weight is 212 g/mol. The van der Waals surface area contributed by atoms with Crippen molar-refractivity contribution in [1.29, 1.82) is 0 Å². The molecule has 15 heavy (non-hydrogen) atoms. The first-order valence-electron chi connectivity index (χ1n) is 5.37. The first-order chi connectivity index (χ1) is 7.27. The fraction of sp³-hybridized carbons (Fsp3) is 0.800. The Morgan fingerprint density at radius 2 is 2.40 bits per heavy atom. The van der Waals surface area contributed by atoms with Gasteiger partial charge in [-0.1, -0.05) is 0 Å². The van der Waals surface area contributed by atoms with Crippen molar-refractivity contribution in [3.8, 4) is 0 Å². The van der Waals surface area contributed by atoms with Gasteiger partial charge in [0.15, 0.2) is 0 Å². The van der Waals surface area contributed by atoms with Gasteiger partial charge in [-0.15, -0.1) is 0 Å². The van der Waals surface area contributed by atoms with Crippen LogP contribution < -0.4 is 5.32 Å². The normalized spacial score (nSPS) is 13.0. The number of aryl methyl sites for hydroxylation is 1. The molecule has 1 heterocycles. The summed E-state index contributed by atoms with van der Waals surface area (Å²) in [5, 5.41) is 7.51. The minimum Gasteiger partial charge on any atom is -0.385 e. The summed E-state index contributed by atoms with van der Waals surface area (Å²) in [6, 6.07) is 0.437. The Kier molecular flexibility index (Phi) is 5.28. The van der Waals surface area contributed by atoms with E-state index in [0.29, 0.717) is 6.04 Å². The maximum Gasteiger partial charge on any atom is 0.140 e. The molecule has 86 valence electrons. The summed E-state index contributed by atoms with van der Waals surface area (Å²) < 4.78 is 6.92. The van der Waals surface area contributed by atoms with Crippen LogP contribution in [0.25, 0.3) is 0 Å². The number of hydrogen-bond donors (Lipinski definition) is 1. The van der Waals surface area contributed by atoms with Crippen molar-refractivity contribution in [2.45, 2.75) is 39.4 Å². The Bertz CT molecular complexity index is 274. The summed E-state index contributed by atoms with van der Waals surface area (Å²) in [7, 11) is 1.72. The van der Waals surface area contributed by atoms with Gasteiger partial charge >= 0.3 is 0 Å². The third-order valence-electron chi connectivity index (χ3n) is 2.36. The molecule has 1 aromatic rings. The van der Waals surface area contributed by atoms with Gasteiger partial charge in [-0.2, -0.15) is 5.10 Å². The predicted octanol–water partition coefficient (Wildman–Crippen LogP) is 0.813. The van der Waals surface area contributed by atoms with Crippen LogP contribution >= 0.6 is 0 Å². The van der Waals surface area contributed by atoms with Crippen LogP contribution in [0.15, 0.2) is 6.33 Å². The summed E-state index contributed by atoms with van der Waals surface area (Å²) in [6.07, 6.45) is 2.61. The molecule has 1 unspecified atom stereocenters. The molecule has 0 saturated heterocycles. The lowest BCUT2D eigenvalue weighted by molar-refractivity contribution is 0.184. The van der Waals surface area contributed by atoms with E-state index in [9.17, 15) is 0 Å². The maximum atomic E-state index is 5.02. The SMILES string of the molecule is CCn1ncnc1CNC(C)CCOC. The molecule has 0 aliphatic rings. The van der Waals surface area contributed by atoms with Crippen LogP contribution in [0.2, 0.25) is 0 Å². The summed E-state index contributed by atoms with van der Waals surface area (Å²) in [5.41, 5.74) is 0. The third-order valence-corrected chi connectivity index (χ3v) is 2.36. The number of rotatable bonds is 7. The van der Waals surface area contributed by atoms with E-state index in [-0.39, 0.29) is 0 Å². The van der Waals surface area contributed by atoms with Crippen molar-refractivity contribution in [2.24, 2.45) is 0 Å². The van der Waals surface area contributed by atoms with E-state index in [1.54, 1.807) is 13.4 Å². The van der Waals surface area contributed by atoms with E-state index in [1.807, 2.05) is 4.68 Å². The monoisotopic (exact) mass is 212 g/mol. The highest BCUT2D eigenvalue weighted by molar-refractivity contribution is 4.84. The lowest BCUT2D eigenvalue weighted by Crippen LogP contribution is -2.28. The quantitative estimate of drug-likeness (QED) is 0.727. The topological polar surface area (TPSA) is 52.0 Å². The van der Waals surface area contributed by atoms with Crippen LogP contribution in [-0.4, -0.2) is 34.5 Å².